The largest absolute Gasteiger partial charge is 0.497 e. The molecule has 3 aromatic rings. The molecule has 0 unspecified atom stereocenters. The molecule has 338 valence electrons. The fourth-order valence-electron chi connectivity index (χ4n) is 9.62. The number of carbonyl (C=O) groups is 2. The van der Waals surface area contributed by atoms with Crippen molar-refractivity contribution < 1.29 is 62.5 Å². The van der Waals surface area contributed by atoms with Crippen molar-refractivity contribution in [3.8, 4) is 34.5 Å². The highest BCUT2D eigenvalue weighted by Crippen LogP contribution is 2.62. The topological polar surface area (TPSA) is 185 Å². The summed E-state index contributed by atoms with van der Waals surface area (Å²) >= 11 is 0. The highest BCUT2D eigenvalue weighted by Gasteiger charge is 2.65. The molecule has 0 radical (unpaired) electrons. The minimum atomic E-state index is -1.54. The van der Waals surface area contributed by atoms with Crippen molar-refractivity contribution in [3.05, 3.63) is 90.0 Å². The molecule has 0 saturated heterocycles. The summed E-state index contributed by atoms with van der Waals surface area (Å²) in [5, 5.41) is 27.2. The Hall–Kier alpha value is -5.97. The standard InChI is InChI=1S/C47H57N3O13/c1-6-21-61-47-42(50(46(54)57-4)27-29-13-17-39-41(22-29)60-28-59-39)26-37(49-58-5)34-23-30(11-7-9-19-51)33(12-8-10-20-52)43(44(34)47)35-24-32(15-18-38(35)63-47)62-45(53)48-36-16-14-31(55-2)25-40(36)56-3/h6,13-18,22-25,30,33,42-44,51-52H,1,7-12,19-21,26-28H2,2-5H3,(H,48,53)/t30-,33+,42-,43+,44+,47+/m0/s1. The van der Waals surface area contributed by atoms with Crippen LogP contribution in [-0.2, 0) is 20.9 Å². The first-order valence-corrected chi connectivity index (χ1v) is 21.3. The summed E-state index contributed by atoms with van der Waals surface area (Å²) in [6.07, 6.45) is 6.90. The number of benzene rings is 3. The monoisotopic (exact) mass is 871 g/mol. The van der Waals surface area contributed by atoms with E-state index in [1.54, 1.807) is 48.4 Å². The quantitative estimate of drug-likeness (QED) is 0.0609. The maximum atomic E-state index is 14.2. The van der Waals surface area contributed by atoms with Crippen LogP contribution >= 0.6 is 0 Å². The van der Waals surface area contributed by atoms with Gasteiger partial charge in [0, 0.05) is 43.7 Å². The summed E-state index contributed by atoms with van der Waals surface area (Å²) in [7, 11) is 5.86. The summed E-state index contributed by atoms with van der Waals surface area (Å²) in [5.74, 6) is 0.307. The van der Waals surface area contributed by atoms with Crippen LogP contribution in [0.25, 0.3) is 0 Å². The van der Waals surface area contributed by atoms with E-state index in [0.717, 1.165) is 36.0 Å². The molecule has 6 atom stereocenters. The average Bonchev–Trinajstić information content (AvgIpc) is 3.77. The summed E-state index contributed by atoms with van der Waals surface area (Å²) in [5.41, 5.74) is 3.38. The first-order chi connectivity index (χ1) is 30.7. The van der Waals surface area contributed by atoms with Gasteiger partial charge in [0.05, 0.1) is 45.3 Å². The summed E-state index contributed by atoms with van der Waals surface area (Å²) < 4.78 is 47.8. The zero-order chi connectivity index (χ0) is 44.5. The summed E-state index contributed by atoms with van der Waals surface area (Å²) in [6, 6.07) is 14.9. The van der Waals surface area contributed by atoms with E-state index >= 15 is 0 Å². The first-order valence-electron chi connectivity index (χ1n) is 21.3. The number of methoxy groups -OCH3 is 3. The molecule has 3 aromatic carbocycles. The number of nitrogens with zero attached hydrogens (tertiary/aromatic N) is 2. The predicted molar refractivity (Wildman–Crippen MR) is 232 cm³/mol. The molecule has 16 heteroatoms. The summed E-state index contributed by atoms with van der Waals surface area (Å²) in [6.45, 7) is 4.35. The molecule has 0 aromatic heterocycles. The fraction of sp³-hybridized carbons (Fsp3) is 0.468. The van der Waals surface area contributed by atoms with Crippen molar-refractivity contribution >= 4 is 23.6 Å². The second-order valence-corrected chi connectivity index (χ2v) is 15.8. The van der Waals surface area contributed by atoms with Gasteiger partial charge in [0.15, 0.2) is 11.5 Å². The lowest BCUT2D eigenvalue weighted by Gasteiger charge is -2.59. The predicted octanol–water partition coefficient (Wildman–Crippen LogP) is 7.58. The smallest absolute Gasteiger partial charge is 0.417 e. The Morgan fingerprint density at radius 2 is 1.68 bits per heavy atom. The van der Waals surface area contributed by atoms with Crippen LogP contribution in [0, 0.1) is 17.8 Å². The van der Waals surface area contributed by atoms with E-state index in [1.807, 2.05) is 24.3 Å². The van der Waals surface area contributed by atoms with E-state index in [1.165, 1.54) is 21.3 Å². The molecule has 2 amide bonds. The third-order valence-corrected chi connectivity index (χ3v) is 12.3. The lowest BCUT2D eigenvalue weighted by atomic mass is 9.55. The Morgan fingerprint density at radius 3 is 2.41 bits per heavy atom. The molecule has 7 rings (SSSR count). The van der Waals surface area contributed by atoms with E-state index in [4.69, 9.17) is 42.7 Å². The second kappa shape index (κ2) is 20.5. The van der Waals surface area contributed by atoms with Gasteiger partial charge in [-0.2, -0.15) is 0 Å². The third kappa shape index (κ3) is 9.38. The number of ether oxygens (including phenoxy) is 8. The van der Waals surface area contributed by atoms with Crippen LogP contribution < -0.4 is 33.7 Å². The number of carbonyl (C=O) groups excluding carboxylic acids is 2. The van der Waals surface area contributed by atoms with Crippen LogP contribution in [-0.4, -0.2) is 99.9 Å². The molecule has 1 saturated carbocycles. The number of unbranched alkanes of at least 4 members (excludes halogenated alkanes) is 2. The van der Waals surface area contributed by atoms with Crippen molar-refractivity contribution in [1.29, 1.82) is 0 Å². The van der Waals surface area contributed by atoms with Gasteiger partial charge in [-0.3, -0.25) is 10.2 Å². The molecule has 4 aliphatic rings. The molecular formula is C47H57N3O13. The Kier molecular flexibility index (Phi) is 14.6. The molecule has 2 aliphatic heterocycles. The Labute approximate surface area is 367 Å². The number of allylic oxidation sites excluding steroid dienone is 1. The van der Waals surface area contributed by atoms with Gasteiger partial charge in [0.1, 0.15) is 36.1 Å². The molecule has 63 heavy (non-hydrogen) atoms. The van der Waals surface area contributed by atoms with Gasteiger partial charge in [-0.25, -0.2) is 9.59 Å². The van der Waals surface area contributed by atoms with E-state index in [9.17, 15) is 19.8 Å². The maximum Gasteiger partial charge on any atom is 0.417 e. The van der Waals surface area contributed by atoms with Crippen molar-refractivity contribution in [2.24, 2.45) is 22.9 Å². The van der Waals surface area contributed by atoms with Gasteiger partial charge < -0.3 is 52.9 Å². The van der Waals surface area contributed by atoms with E-state index < -0.39 is 29.9 Å². The number of aliphatic hydroxyl groups is 2. The van der Waals surface area contributed by atoms with Crippen LogP contribution in [0.15, 0.2) is 84.1 Å². The number of hydrogen-bond donors (Lipinski definition) is 3. The van der Waals surface area contributed by atoms with Gasteiger partial charge in [-0.15, -0.1) is 6.58 Å². The Morgan fingerprint density at radius 1 is 0.921 bits per heavy atom. The Balaban J connectivity index is 1.37. The molecular weight excluding hydrogens is 815 g/mol. The van der Waals surface area contributed by atoms with Gasteiger partial charge >= 0.3 is 12.2 Å². The number of rotatable bonds is 19. The van der Waals surface area contributed by atoms with Gasteiger partial charge in [0.2, 0.25) is 12.6 Å². The zero-order valence-electron chi connectivity index (χ0n) is 36.2. The fourth-order valence-corrected chi connectivity index (χ4v) is 9.62. The number of oxime groups is 1. The van der Waals surface area contributed by atoms with E-state index in [0.29, 0.717) is 59.4 Å². The van der Waals surface area contributed by atoms with E-state index in [2.05, 4.69) is 23.1 Å². The van der Waals surface area contributed by atoms with Crippen LogP contribution in [0.4, 0.5) is 15.3 Å². The lowest BCUT2D eigenvalue weighted by molar-refractivity contribution is -0.256. The lowest BCUT2D eigenvalue weighted by Crippen LogP contribution is -2.70. The van der Waals surface area contributed by atoms with Gasteiger partial charge in [-0.1, -0.05) is 36.2 Å². The first kappa shape index (κ1) is 45.1. The van der Waals surface area contributed by atoms with Crippen molar-refractivity contribution in [3.63, 3.8) is 0 Å². The van der Waals surface area contributed by atoms with Crippen molar-refractivity contribution in [1.82, 2.24) is 4.90 Å². The maximum absolute atomic E-state index is 14.2. The highest BCUT2D eigenvalue weighted by molar-refractivity contribution is 6.03. The molecule has 3 N–H and O–H groups in total. The van der Waals surface area contributed by atoms with Crippen LogP contribution in [0.5, 0.6) is 34.5 Å². The van der Waals surface area contributed by atoms with Crippen LogP contribution in [0.2, 0.25) is 0 Å². The number of aliphatic hydroxyl groups excluding tert-OH is 2. The SMILES string of the molecule is C=CCO[C@@]12Oc3ccc(OC(=O)Nc4ccc(OC)cc4OC)cc3[C@H]3[C@H](CCCCO)[C@@H](CCCCO)C=C(C(=NOC)C[C@@H]1N(Cc1ccc4c(c1)OCO4)C(=O)OC)[C@H]32. The average molecular weight is 872 g/mol. The number of hydrogen-bond acceptors (Lipinski definition) is 14. The van der Waals surface area contributed by atoms with Crippen molar-refractivity contribution in [2.45, 2.75) is 69.2 Å². The molecule has 16 nitrogen and oxygen atoms in total. The van der Waals surface area contributed by atoms with Crippen LogP contribution in [0.3, 0.4) is 0 Å². The number of fused-ring (bicyclic) bond motifs is 3. The molecule has 1 fully saturated rings. The normalized spacial score (nSPS) is 23.3. The number of anilines is 1. The number of nitrogens with one attached hydrogen (secondary N) is 1. The van der Waals surface area contributed by atoms with Crippen LogP contribution in [0.1, 0.15) is 62.0 Å². The van der Waals surface area contributed by atoms with Gasteiger partial charge in [0.25, 0.3) is 0 Å². The molecule has 2 aliphatic carbocycles. The Bertz CT molecular complexity index is 2180. The van der Waals surface area contributed by atoms with Crippen molar-refractivity contribution in [2.75, 3.05) is 60.4 Å². The number of amides is 2. The van der Waals surface area contributed by atoms with E-state index in [-0.39, 0.29) is 63.1 Å². The molecule has 0 bridgehead atoms. The minimum absolute atomic E-state index is 0.00564. The third-order valence-electron chi connectivity index (χ3n) is 12.3. The minimum Gasteiger partial charge on any atom is -0.497 e. The molecule has 0 spiro atoms. The molecule has 2 heterocycles. The second-order valence-electron chi connectivity index (χ2n) is 15.8. The summed E-state index contributed by atoms with van der Waals surface area (Å²) in [4.78, 5) is 34.9. The van der Waals surface area contributed by atoms with Gasteiger partial charge in [-0.05, 0) is 91.1 Å². The highest BCUT2D eigenvalue weighted by atomic mass is 16.7. The zero-order valence-corrected chi connectivity index (χ0v) is 36.2.